The van der Waals surface area contributed by atoms with Crippen LogP contribution in [-0.2, 0) is 29.2 Å². The van der Waals surface area contributed by atoms with Crippen LogP contribution < -0.4 is 5.32 Å². The van der Waals surface area contributed by atoms with E-state index in [4.69, 9.17) is 9.84 Å². The van der Waals surface area contributed by atoms with E-state index in [1.807, 2.05) is 0 Å². The van der Waals surface area contributed by atoms with Crippen molar-refractivity contribution in [2.75, 3.05) is 0 Å². The van der Waals surface area contributed by atoms with Crippen LogP contribution in [0, 0.1) is 0 Å². The van der Waals surface area contributed by atoms with Crippen molar-refractivity contribution in [3.8, 4) is 0 Å². The highest BCUT2D eigenvalue weighted by Gasteiger charge is 2.39. The maximum absolute atomic E-state index is 12.3. The highest BCUT2D eigenvalue weighted by molar-refractivity contribution is 7.86. The molecule has 0 spiro atoms. The van der Waals surface area contributed by atoms with E-state index in [0.29, 0.717) is 5.56 Å². The predicted octanol–water partition coefficient (Wildman–Crippen LogP) is 2.49. The number of nitrogens with one attached hydrogen (secondary N) is 1. The lowest BCUT2D eigenvalue weighted by molar-refractivity contribution is -0.140. The third-order valence-corrected chi connectivity index (χ3v) is 5.45. The molecule has 1 amide bonds. The summed E-state index contributed by atoms with van der Waals surface area (Å²) in [5.41, 5.74) is -1.24. The van der Waals surface area contributed by atoms with E-state index in [1.165, 1.54) is 26.0 Å². The molecule has 1 aromatic rings. The van der Waals surface area contributed by atoms with Crippen molar-refractivity contribution in [2.24, 2.45) is 0 Å². The molecule has 0 fully saturated rings. The Bertz CT molecular complexity index is 1050. The minimum absolute atomic E-state index is 0.311. The van der Waals surface area contributed by atoms with Gasteiger partial charge in [-0.3, -0.25) is 14.1 Å². The van der Waals surface area contributed by atoms with Crippen LogP contribution >= 0.6 is 0 Å². The second-order valence-corrected chi connectivity index (χ2v) is 8.77. The fraction of sp³-hybridized carbons (Fsp3) is 0.227. The summed E-state index contributed by atoms with van der Waals surface area (Å²) in [6.07, 6.45) is 3.96. The van der Waals surface area contributed by atoms with Gasteiger partial charge in [0.1, 0.15) is 11.0 Å². The summed E-state index contributed by atoms with van der Waals surface area (Å²) in [6, 6.07) is 8.74. The fourth-order valence-electron chi connectivity index (χ4n) is 2.56. The molecule has 0 aliphatic heterocycles. The zero-order valence-corrected chi connectivity index (χ0v) is 18.5. The van der Waals surface area contributed by atoms with E-state index in [0.717, 1.165) is 12.2 Å². The molecule has 9 nitrogen and oxygen atoms in total. The number of carbonyl (C=O) groups is 3. The lowest BCUT2D eigenvalue weighted by Crippen LogP contribution is -2.54. The van der Waals surface area contributed by atoms with Crippen LogP contribution in [0.2, 0.25) is 0 Å². The van der Waals surface area contributed by atoms with Crippen molar-refractivity contribution in [3.63, 3.8) is 0 Å². The Morgan fingerprint density at radius 2 is 1.81 bits per heavy atom. The lowest BCUT2D eigenvalue weighted by atomic mass is 9.99. The van der Waals surface area contributed by atoms with Gasteiger partial charge in [0, 0.05) is 5.57 Å². The van der Waals surface area contributed by atoms with Crippen LogP contribution in [0.5, 0.6) is 0 Å². The number of benzene rings is 1. The van der Waals surface area contributed by atoms with E-state index < -0.39 is 45.2 Å². The largest absolute Gasteiger partial charge is 0.481 e. The summed E-state index contributed by atoms with van der Waals surface area (Å²) in [7, 11) is -4.80. The first kappa shape index (κ1) is 26.5. The van der Waals surface area contributed by atoms with Gasteiger partial charge in [-0.1, -0.05) is 49.6 Å². The molecule has 0 radical (unpaired) electrons. The molecule has 0 heterocycles. The Balaban J connectivity index is 3.45. The van der Waals surface area contributed by atoms with Gasteiger partial charge >= 0.3 is 11.9 Å². The van der Waals surface area contributed by atoms with Crippen LogP contribution in [0.1, 0.15) is 25.8 Å². The summed E-state index contributed by atoms with van der Waals surface area (Å²) >= 11 is 0. The Morgan fingerprint density at radius 1 is 1.22 bits per heavy atom. The van der Waals surface area contributed by atoms with Crippen molar-refractivity contribution in [2.45, 2.75) is 31.1 Å². The number of hydrogen-bond donors (Lipinski definition) is 3. The maximum atomic E-state index is 12.3. The standard InChI is InChI=1S/C22H25NO8S/c1-5-19(24)23-22(3,4)18(32(28,29)30)14-17(12-11-16-9-7-6-8-10-16)31-21(27)15(2)13-20(25)26/h5-12,14,18H,1-2,13H2,3-4H3,(H,23,24)(H,25,26)(H,28,29,30). The van der Waals surface area contributed by atoms with Crippen LogP contribution in [0.4, 0.5) is 0 Å². The normalized spacial score (nSPS) is 13.3. The molecule has 0 bridgehead atoms. The minimum atomic E-state index is -4.80. The monoisotopic (exact) mass is 463 g/mol. The van der Waals surface area contributed by atoms with Gasteiger partial charge in [-0.25, -0.2) is 4.79 Å². The van der Waals surface area contributed by atoms with E-state index in [9.17, 15) is 27.4 Å². The second kappa shape index (κ2) is 11.2. The van der Waals surface area contributed by atoms with Gasteiger partial charge in [0.2, 0.25) is 5.91 Å². The quantitative estimate of drug-likeness (QED) is 0.149. The molecule has 1 rings (SSSR count). The Morgan fingerprint density at radius 3 is 2.31 bits per heavy atom. The molecule has 0 aromatic heterocycles. The van der Waals surface area contributed by atoms with Crippen LogP contribution in [0.3, 0.4) is 0 Å². The molecule has 172 valence electrons. The molecule has 0 aliphatic carbocycles. The van der Waals surface area contributed by atoms with Gasteiger partial charge in [-0.05, 0) is 37.6 Å². The number of allylic oxidation sites excluding steroid dienone is 1. The Kier molecular flexibility index (Phi) is 9.30. The number of aliphatic carboxylic acids is 1. The van der Waals surface area contributed by atoms with Crippen molar-refractivity contribution in [3.05, 3.63) is 78.6 Å². The van der Waals surface area contributed by atoms with Gasteiger partial charge < -0.3 is 15.2 Å². The van der Waals surface area contributed by atoms with Crippen LogP contribution in [0.25, 0.3) is 6.08 Å². The summed E-state index contributed by atoms with van der Waals surface area (Å²) in [6.45, 7) is 9.33. The summed E-state index contributed by atoms with van der Waals surface area (Å²) in [5, 5.41) is 9.48. The SMILES string of the molecule is C=CC(=O)NC(C)(C)C(C=C(C=Cc1ccccc1)OC(=O)C(=C)CC(=O)O)S(=O)(=O)O. The molecule has 1 unspecified atom stereocenters. The van der Waals surface area contributed by atoms with E-state index in [1.54, 1.807) is 30.3 Å². The van der Waals surface area contributed by atoms with Gasteiger partial charge in [-0.2, -0.15) is 8.42 Å². The molecule has 10 heteroatoms. The van der Waals surface area contributed by atoms with Crippen molar-refractivity contribution in [1.29, 1.82) is 0 Å². The first-order chi connectivity index (χ1) is 14.8. The molecule has 0 saturated heterocycles. The third-order valence-electron chi connectivity index (χ3n) is 4.08. The number of hydrogen-bond acceptors (Lipinski definition) is 6. The second-order valence-electron chi connectivity index (χ2n) is 7.23. The number of amides is 1. The smallest absolute Gasteiger partial charge is 0.339 e. The average Bonchev–Trinajstić information content (AvgIpc) is 2.68. The molecule has 1 aromatic carbocycles. The fourth-order valence-corrected chi connectivity index (χ4v) is 3.67. The Hall–Kier alpha value is -3.50. The first-order valence-electron chi connectivity index (χ1n) is 9.24. The van der Waals surface area contributed by atoms with Crippen LogP contribution in [0.15, 0.2) is 73.1 Å². The van der Waals surface area contributed by atoms with E-state index in [-0.39, 0.29) is 11.3 Å². The zero-order chi connectivity index (χ0) is 24.5. The minimum Gasteiger partial charge on any atom is -0.481 e. The van der Waals surface area contributed by atoms with Crippen molar-refractivity contribution >= 4 is 34.0 Å². The predicted molar refractivity (Wildman–Crippen MR) is 119 cm³/mol. The summed E-state index contributed by atoms with van der Waals surface area (Å²) < 4.78 is 39.1. The molecule has 0 aliphatic rings. The van der Waals surface area contributed by atoms with Gasteiger partial charge in [0.25, 0.3) is 10.1 Å². The molecule has 32 heavy (non-hydrogen) atoms. The molecular formula is C22H25NO8S. The number of carboxylic acid groups (broad SMARTS) is 1. The zero-order valence-electron chi connectivity index (χ0n) is 17.6. The molecule has 3 N–H and O–H groups in total. The molecular weight excluding hydrogens is 438 g/mol. The topological polar surface area (TPSA) is 147 Å². The number of rotatable bonds is 11. The number of ether oxygens (including phenoxy) is 1. The average molecular weight is 464 g/mol. The third kappa shape index (κ3) is 8.70. The Labute approximate surface area is 186 Å². The number of carbonyl (C=O) groups excluding carboxylic acids is 2. The van der Waals surface area contributed by atoms with Crippen molar-refractivity contribution in [1.82, 2.24) is 5.32 Å². The summed E-state index contributed by atoms with van der Waals surface area (Å²) in [5.74, 6) is -3.40. The van der Waals surface area contributed by atoms with Gasteiger partial charge in [0.05, 0.1) is 12.0 Å². The molecule has 0 saturated carbocycles. The first-order valence-corrected chi connectivity index (χ1v) is 10.7. The van der Waals surface area contributed by atoms with Gasteiger partial charge in [-0.15, -0.1) is 0 Å². The van der Waals surface area contributed by atoms with E-state index in [2.05, 4.69) is 18.5 Å². The summed E-state index contributed by atoms with van der Waals surface area (Å²) in [4.78, 5) is 34.8. The van der Waals surface area contributed by atoms with Crippen LogP contribution in [-0.4, -0.2) is 46.7 Å². The highest BCUT2D eigenvalue weighted by Crippen LogP contribution is 2.22. The van der Waals surface area contributed by atoms with Gasteiger partial charge in [0.15, 0.2) is 0 Å². The van der Waals surface area contributed by atoms with E-state index >= 15 is 0 Å². The lowest BCUT2D eigenvalue weighted by Gasteiger charge is -2.31. The highest BCUT2D eigenvalue weighted by atomic mass is 32.2. The number of carboxylic acids is 1. The maximum Gasteiger partial charge on any atom is 0.339 e. The molecule has 1 atom stereocenters. The number of esters is 1. The van der Waals surface area contributed by atoms with Crippen molar-refractivity contribution < 1.29 is 37.2 Å².